The quantitative estimate of drug-likeness (QED) is 0.539. The van der Waals surface area contributed by atoms with Gasteiger partial charge in [0.1, 0.15) is 5.82 Å². The van der Waals surface area contributed by atoms with E-state index in [0.29, 0.717) is 75.4 Å². The van der Waals surface area contributed by atoms with E-state index >= 15 is 0 Å². The van der Waals surface area contributed by atoms with Gasteiger partial charge in [-0.15, -0.1) is 0 Å². The molecule has 0 unspecified atom stereocenters. The van der Waals surface area contributed by atoms with Gasteiger partial charge in [0.2, 0.25) is 11.9 Å². The SMILES string of the molecule is CCCOC(=O)N1CC[C@](CO)(Nc2cc(-c3cnc(N)nc3)nc(N3CCOCC3)n2)C1. The minimum absolute atomic E-state index is 0.165. The van der Waals surface area contributed by atoms with Gasteiger partial charge < -0.3 is 35.4 Å². The van der Waals surface area contributed by atoms with Crippen LogP contribution in [-0.2, 0) is 9.47 Å². The summed E-state index contributed by atoms with van der Waals surface area (Å²) >= 11 is 0. The maximum Gasteiger partial charge on any atom is 0.409 e. The third-order valence-corrected chi connectivity index (χ3v) is 5.71. The fourth-order valence-electron chi connectivity index (χ4n) is 3.87. The number of aromatic nitrogens is 4. The smallest absolute Gasteiger partial charge is 0.409 e. The van der Waals surface area contributed by atoms with Crippen LogP contribution < -0.4 is 16.0 Å². The van der Waals surface area contributed by atoms with Crippen LogP contribution in [0.1, 0.15) is 19.8 Å². The molecule has 0 spiro atoms. The van der Waals surface area contributed by atoms with Crippen LogP contribution in [-0.4, -0.2) is 94.2 Å². The molecule has 12 nitrogen and oxygen atoms in total. The Hall–Kier alpha value is -3.25. The van der Waals surface area contributed by atoms with E-state index < -0.39 is 5.54 Å². The van der Waals surface area contributed by atoms with Crippen LogP contribution in [0.3, 0.4) is 0 Å². The summed E-state index contributed by atoms with van der Waals surface area (Å²) in [5.41, 5.74) is 6.21. The van der Waals surface area contributed by atoms with Crippen molar-refractivity contribution < 1.29 is 19.4 Å². The number of carbonyl (C=O) groups excluding carboxylic acids is 1. The van der Waals surface area contributed by atoms with Crippen molar-refractivity contribution in [3.63, 3.8) is 0 Å². The highest BCUT2D eigenvalue weighted by Gasteiger charge is 2.40. The Morgan fingerprint density at radius 2 is 2.03 bits per heavy atom. The number of aliphatic hydroxyl groups excluding tert-OH is 1. The molecule has 4 rings (SSSR count). The minimum atomic E-state index is -0.739. The van der Waals surface area contributed by atoms with Crippen molar-refractivity contribution >= 4 is 23.8 Å². The van der Waals surface area contributed by atoms with Crippen molar-refractivity contribution in [3.05, 3.63) is 18.5 Å². The lowest BCUT2D eigenvalue weighted by Crippen LogP contribution is -2.46. The van der Waals surface area contributed by atoms with E-state index in [1.807, 2.05) is 11.8 Å². The molecule has 0 radical (unpaired) electrons. The van der Waals surface area contributed by atoms with Gasteiger partial charge in [0.15, 0.2) is 0 Å². The number of amides is 1. The summed E-state index contributed by atoms with van der Waals surface area (Å²) in [6.45, 7) is 5.47. The molecule has 1 atom stereocenters. The minimum Gasteiger partial charge on any atom is -0.449 e. The first kappa shape index (κ1) is 22.9. The summed E-state index contributed by atoms with van der Waals surface area (Å²) < 4.78 is 10.7. The highest BCUT2D eigenvalue weighted by molar-refractivity contribution is 5.69. The van der Waals surface area contributed by atoms with Gasteiger partial charge >= 0.3 is 6.09 Å². The highest BCUT2D eigenvalue weighted by atomic mass is 16.6. The van der Waals surface area contributed by atoms with Crippen molar-refractivity contribution in [2.45, 2.75) is 25.3 Å². The molecule has 0 aromatic carbocycles. The molecule has 0 bridgehead atoms. The summed E-state index contributed by atoms with van der Waals surface area (Å²) in [6, 6.07) is 1.79. The van der Waals surface area contributed by atoms with Crippen molar-refractivity contribution in [2.24, 2.45) is 0 Å². The molecule has 178 valence electrons. The molecule has 2 fully saturated rings. The highest BCUT2D eigenvalue weighted by Crippen LogP contribution is 2.29. The Balaban J connectivity index is 1.60. The monoisotopic (exact) mass is 458 g/mol. The molecule has 12 heteroatoms. The van der Waals surface area contributed by atoms with Crippen molar-refractivity contribution in [2.75, 3.05) is 68.6 Å². The molecule has 4 heterocycles. The lowest BCUT2D eigenvalue weighted by molar-refractivity contribution is 0.107. The molecule has 1 amide bonds. The van der Waals surface area contributed by atoms with Gasteiger partial charge in [-0.2, -0.15) is 4.98 Å². The number of ether oxygens (including phenoxy) is 2. The number of morpholine rings is 1. The largest absolute Gasteiger partial charge is 0.449 e. The maximum absolute atomic E-state index is 12.3. The van der Waals surface area contributed by atoms with Crippen LogP contribution in [0.2, 0.25) is 0 Å². The van der Waals surface area contributed by atoms with Gasteiger partial charge in [0.05, 0.1) is 37.7 Å². The summed E-state index contributed by atoms with van der Waals surface area (Å²) in [7, 11) is 0. The molecule has 0 saturated carbocycles. The molecule has 2 aromatic heterocycles. The van der Waals surface area contributed by atoms with Crippen LogP contribution in [0.5, 0.6) is 0 Å². The van der Waals surface area contributed by atoms with Crippen LogP contribution in [0.15, 0.2) is 18.5 Å². The second-order valence-corrected chi connectivity index (χ2v) is 8.22. The number of carbonyl (C=O) groups is 1. The fraction of sp³-hybridized carbons (Fsp3) is 0.571. The number of anilines is 3. The molecular formula is C21H30N8O4. The first-order valence-corrected chi connectivity index (χ1v) is 11.1. The number of nitrogens with zero attached hydrogens (tertiary/aromatic N) is 6. The predicted molar refractivity (Wildman–Crippen MR) is 122 cm³/mol. The zero-order valence-corrected chi connectivity index (χ0v) is 18.7. The van der Waals surface area contributed by atoms with Crippen LogP contribution in [0.4, 0.5) is 22.5 Å². The lowest BCUT2D eigenvalue weighted by atomic mass is 10.00. The van der Waals surface area contributed by atoms with E-state index in [9.17, 15) is 9.90 Å². The van der Waals surface area contributed by atoms with Gasteiger partial charge in [0.25, 0.3) is 0 Å². The second-order valence-electron chi connectivity index (χ2n) is 8.22. The van der Waals surface area contributed by atoms with Gasteiger partial charge in [-0.3, -0.25) is 0 Å². The van der Waals surface area contributed by atoms with Crippen molar-refractivity contribution in [1.29, 1.82) is 0 Å². The van der Waals surface area contributed by atoms with Gasteiger partial charge in [0, 0.05) is 50.2 Å². The summed E-state index contributed by atoms with van der Waals surface area (Å²) in [6.07, 6.45) is 4.17. The predicted octanol–water partition coefficient (Wildman–Crippen LogP) is 0.748. The fourth-order valence-corrected chi connectivity index (χ4v) is 3.87. The second kappa shape index (κ2) is 10.1. The van der Waals surface area contributed by atoms with Crippen LogP contribution >= 0.6 is 0 Å². The zero-order valence-electron chi connectivity index (χ0n) is 18.7. The molecule has 2 aromatic rings. The van der Waals surface area contributed by atoms with Gasteiger partial charge in [-0.25, -0.2) is 19.7 Å². The number of likely N-dealkylation sites (tertiary alicyclic amines) is 1. The number of nitrogen functional groups attached to an aromatic ring is 1. The first-order chi connectivity index (χ1) is 16.0. The van der Waals surface area contributed by atoms with Gasteiger partial charge in [-0.05, 0) is 12.8 Å². The molecule has 0 aliphatic carbocycles. The molecule has 4 N–H and O–H groups in total. The Morgan fingerprint density at radius 1 is 1.27 bits per heavy atom. The topological polar surface area (TPSA) is 152 Å². The van der Waals surface area contributed by atoms with Crippen LogP contribution in [0.25, 0.3) is 11.3 Å². The summed E-state index contributed by atoms with van der Waals surface area (Å²) in [4.78, 5) is 33.5. The van der Waals surface area contributed by atoms with E-state index in [1.54, 1.807) is 23.4 Å². The third-order valence-electron chi connectivity index (χ3n) is 5.71. The number of rotatable bonds is 7. The third kappa shape index (κ3) is 5.40. The summed E-state index contributed by atoms with van der Waals surface area (Å²) in [5.74, 6) is 1.26. The van der Waals surface area contributed by atoms with Gasteiger partial charge in [-0.1, -0.05) is 6.92 Å². The Labute approximate surface area is 192 Å². The Bertz CT molecular complexity index is 954. The van der Waals surface area contributed by atoms with E-state index in [-0.39, 0.29) is 18.6 Å². The average molecular weight is 459 g/mol. The average Bonchev–Trinajstić information content (AvgIpc) is 3.28. The molecular weight excluding hydrogens is 428 g/mol. The van der Waals surface area contributed by atoms with Crippen molar-refractivity contribution in [1.82, 2.24) is 24.8 Å². The molecule has 2 aliphatic rings. The number of nitrogens with two attached hydrogens (primary N) is 1. The standard InChI is InChI=1S/C21H30N8O4/c1-2-7-33-20(31)29-4-3-21(13-29,14-30)27-17-10-16(15-11-23-18(22)24-12-15)25-19(26-17)28-5-8-32-9-6-28/h10-12,30H,2-9,13-14H2,1H3,(H2,22,23,24)(H,25,26,27)/t21-/m0/s1. The van der Waals surface area contributed by atoms with E-state index in [2.05, 4.69) is 15.3 Å². The molecule has 33 heavy (non-hydrogen) atoms. The zero-order chi connectivity index (χ0) is 23.3. The number of hydrogen-bond acceptors (Lipinski definition) is 11. The number of nitrogens with one attached hydrogen (secondary N) is 1. The maximum atomic E-state index is 12.3. The lowest BCUT2D eigenvalue weighted by Gasteiger charge is -2.31. The van der Waals surface area contributed by atoms with Crippen molar-refractivity contribution in [3.8, 4) is 11.3 Å². The van der Waals surface area contributed by atoms with Crippen LogP contribution in [0, 0.1) is 0 Å². The Kier molecular flexibility index (Phi) is 7.04. The molecule has 2 aliphatic heterocycles. The normalized spacial score (nSPS) is 20.7. The first-order valence-electron chi connectivity index (χ1n) is 11.1. The number of hydrogen-bond donors (Lipinski definition) is 3. The Morgan fingerprint density at radius 3 is 2.73 bits per heavy atom. The van der Waals surface area contributed by atoms with E-state index in [0.717, 1.165) is 6.42 Å². The van der Waals surface area contributed by atoms with E-state index in [1.165, 1.54) is 0 Å². The number of aliphatic hydroxyl groups is 1. The molecule has 2 saturated heterocycles. The van der Waals surface area contributed by atoms with E-state index in [4.69, 9.17) is 25.2 Å². The summed E-state index contributed by atoms with van der Waals surface area (Å²) in [5, 5.41) is 13.6.